The zero-order chi connectivity index (χ0) is 21.7. The van der Waals surface area contributed by atoms with Crippen molar-refractivity contribution in [1.82, 2.24) is 15.2 Å². The number of sulfonamides is 1. The lowest BCUT2D eigenvalue weighted by Crippen LogP contribution is -2.41. The highest BCUT2D eigenvalue weighted by Gasteiger charge is 2.22. The van der Waals surface area contributed by atoms with Gasteiger partial charge in [-0.15, -0.1) is 0 Å². The maximum atomic E-state index is 12.5. The summed E-state index contributed by atoms with van der Waals surface area (Å²) in [6, 6.07) is 10.2. The number of benzene rings is 2. The minimum atomic E-state index is -3.60. The van der Waals surface area contributed by atoms with Crippen LogP contribution in [-0.2, 0) is 10.0 Å². The number of nitrogens with zero attached hydrogens (tertiary/aromatic N) is 1. The molecule has 1 aliphatic rings. The third kappa shape index (κ3) is 4.55. The Morgan fingerprint density at radius 3 is 2.00 bits per heavy atom. The summed E-state index contributed by atoms with van der Waals surface area (Å²) in [5, 5.41) is 0. The summed E-state index contributed by atoms with van der Waals surface area (Å²) in [6.07, 6.45) is 0. The van der Waals surface area contributed by atoms with Crippen LogP contribution in [0, 0.1) is 0 Å². The van der Waals surface area contributed by atoms with E-state index >= 15 is 0 Å². The van der Waals surface area contributed by atoms with Crippen LogP contribution in [0.2, 0.25) is 0 Å². The minimum absolute atomic E-state index is 0.100. The van der Waals surface area contributed by atoms with Gasteiger partial charge in [-0.1, -0.05) is 13.8 Å². The molecule has 0 bridgehead atoms. The average molecular weight is 433 g/mol. The fourth-order valence-electron chi connectivity index (χ4n) is 2.93. The fraction of sp³-hybridized carbons (Fsp3) is 0.300. The van der Waals surface area contributed by atoms with E-state index in [1.54, 1.807) is 26.0 Å². The Morgan fingerprint density at radius 2 is 1.40 bits per heavy atom. The first-order chi connectivity index (χ1) is 14.4. The lowest BCUT2D eigenvalue weighted by atomic mass is 10.2. The molecule has 160 valence electrons. The molecule has 0 atom stereocenters. The number of hydrazine groups is 1. The molecule has 0 saturated heterocycles. The molecule has 0 fully saturated rings. The largest absolute Gasteiger partial charge is 0.486 e. The molecule has 9 nitrogen and oxygen atoms in total. The van der Waals surface area contributed by atoms with Gasteiger partial charge in [0.25, 0.3) is 11.8 Å². The van der Waals surface area contributed by atoms with E-state index in [0.29, 0.717) is 43.4 Å². The Labute approximate surface area is 175 Å². The molecular weight excluding hydrogens is 410 g/mol. The smallest absolute Gasteiger partial charge is 0.269 e. The van der Waals surface area contributed by atoms with Gasteiger partial charge in [-0.05, 0) is 42.5 Å². The Hall–Kier alpha value is -3.11. The average Bonchev–Trinajstić information content (AvgIpc) is 2.77. The van der Waals surface area contributed by atoms with E-state index in [4.69, 9.17) is 9.47 Å². The van der Waals surface area contributed by atoms with Crippen LogP contribution in [0.1, 0.15) is 34.6 Å². The highest BCUT2D eigenvalue weighted by atomic mass is 32.2. The molecule has 0 radical (unpaired) electrons. The monoisotopic (exact) mass is 433 g/mol. The molecule has 0 unspecified atom stereocenters. The summed E-state index contributed by atoms with van der Waals surface area (Å²) < 4.78 is 37.2. The molecule has 2 amide bonds. The summed E-state index contributed by atoms with van der Waals surface area (Å²) >= 11 is 0. The number of carbonyl (C=O) groups excluding carboxylic acids is 2. The number of carbonyl (C=O) groups is 2. The third-order valence-corrected chi connectivity index (χ3v) is 6.62. The van der Waals surface area contributed by atoms with Gasteiger partial charge in [0, 0.05) is 24.2 Å². The van der Waals surface area contributed by atoms with Gasteiger partial charge in [0.15, 0.2) is 11.5 Å². The third-order valence-electron chi connectivity index (χ3n) is 4.55. The van der Waals surface area contributed by atoms with Crippen LogP contribution < -0.4 is 20.3 Å². The van der Waals surface area contributed by atoms with Crippen LogP contribution in [0.25, 0.3) is 0 Å². The van der Waals surface area contributed by atoms with Crippen molar-refractivity contribution in [1.29, 1.82) is 0 Å². The van der Waals surface area contributed by atoms with Gasteiger partial charge in [0.2, 0.25) is 10.0 Å². The van der Waals surface area contributed by atoms with Crippen LogP contribution >= 0.6 is 0 Å². The molecule has 0 aliphatic carbocycles. The zero-order valence-corrected chi connectivity index (χ0v) is 17.5. The van der Waals surface area contributed by atoms with Crippen molar-refractivity contribution < 1.29 is 27.5 Å². The van der Waals surface area contributed by atoms with Crippen LogP contribution in [-0.4, -0.2) is 50.8 Å². The first kappa shape index (κ1) is 21.6. The van der Waals surface area contributed by atoms with Gasteiger partial charge in [0.05, 0.1) is 4.90 Å². The van der Waals surface area contributed by atoms with Crippen molar-refractivity contribution in [3.05, 3.63) is 53.6 Å². The Balaban J connectivity index is 1.63. The van der Waals surface area contributed by atoms with Gasteiger partial charge in [-0.25, -0.2) is 8.42 Å². The fourth-order valence-corrected chi connectivity index (χ4v) is 4.39. The second kappa shape index (κ2) is 9.14. The summed E-state index contributed by atoms with van der Waals surface area (Å²) in [7, 11) is -3.60. The highest BCUT2D eigenvalue weighted by molar-refractivity contribution is 7.89. The molecule has 2 aromatic rings. The molecule has 30 heavy (non-hydrogen) atoms. The zero-order valence-electron chi connectivity index (χ0n) is 16.7. The number of hydrogen-bond donors (Lipinski definition) is 2. The summed E-state index contributed by atoms with van der Waals surface area (Å²) in [4.78, 5) is 24.7. The van der Waals surface area contributed by atoms with Crippen molar-refractivity contribution >= 4 is 21.8 Å². The molecule has 0 saturated carbocycles. The van der Waals surface area contributed by atoms with Gasteiger partial charge < -0.3 is 9.47 Å². The van der Waals surface area contributed by atoms with Crippen molar-refractivity contribution in [2.24, 2.45) is 0 Å². The number of ether oxygens (including phenoxy) is 2. The van der Waals surface area contributed by atoms with E-state index in [1.165, 1.54) is 34.6 Å². The maximum absolute atomic E-state index is 12.5. The van der Waals surface area contributed by atoms with E-state index in [0.717, 1.165) is 0 Å². The number of hydrogen-bond acceptors (Lipinski definition) is 6. The first-order valence-electron chi connectivity index (χ1n) is 9.47. The Morgan fingerprint density at radius 1 is 0.867 bits per heavy atom. The van der Waals surface area contributed by atoms with Crippen LogP contribution in [0.15, 0.2) is 47.4 Å². The van der Waals surface area contributed by atoms with E-state index in [2.05, 4.69) is 10.9 Å². The SMILES string of the molecule is CCN(CC)S(=O)(=O)c1ccc(C(=O)NNC(=O)c2ccc3c(c2)OCCO3)cc1. The second-order valence-corrected chi connectivity index (χ2v) is 8.32. The number of fused-ring (bicyclic) bond motifs is 1. The van der Waals surface area contributed by atoms with E-state index in [1.807, 2.05) is 0 Å². The van der Waals surface area contributed by atoms with Crippen molar-refractivity contribution in [2.45, 2.75) is 18.7 Å². The van der Waals surface area contributed by atoms with Crippen molar-refractivity contribution in [3.63, 3.8) is 0 Å². The van der Waals surface area contributed by atoms with Gasteiger partial charge >= 0.3 is 0 Å². The molecule has 2 N–H and O–H groups in total. The highest BCUT2D eigenvalue weighted by Crippen LogP contribution is 2.30. The molecule has 3 rings (SSSR count). The molecule has 1 heterocycles. The summed E-state index contributed by atoms with van der Waals surface area (Å²) in [5.74, 6) is -0.0828. The lowest BCUT2D eigenvalue weighted by molar-refractivity contribution is 0.0846. The van der Waals surface area contributed by atoms with Gasteiger partial charge in [0.1, 0.15) is 13.2 Å². The van der Waals surface area contributed by atoms with Gasteiger partial charge in [-0.2, -0.15) is 4.31 Å². The summed E-state index contributed by atoms with van der Waals surface area (Å²) in [5.41, 5.74) is 5.13. The van der Waals surface area contributed by atoms with E-state index in [9.17, 15) is 18.0 Å². The molecule has 10 heteroatoms. The Kier molecular flexibility index (Phi) is 6.58. The van der Waals surface area contributed by atoms with E-state index in [-0.39, 0.29) is 10.5 Å². The minimum Gasteiger partial charge on any atom is -0.486 e. The maximum Gasteiger partial charge on any atom is 0.269 e. The second-order valence-electron chi connectivity index (χ2n) is 6.38. The number of nitrogens with one attached hydrogen (secondary N) is 2. The van der Waals surface area contributed by atoms with Crippen molar-refractivity contribution in [3.8, 4) is 11.5 Å². The van der Waals surface area contributed by atoms with Crippen LogP contribution in [0.5, 0.6) is 11.5 Å². The molecule has 0 spiro atoms. The standard InChI is InChI=1S/C20H23N3O6S/c1-3-23(4-2)30(26,27)16-8-5-14(6-9-16)19(24)21-22-20(25)15-7-10-17-18(13-15)29-12-11-28-17/h5-10,13H,3-4,11-12H2,1-2H3,(H,21,24)(H,22,25). The van der Waals surface area contributed by atoms with Gasteiger partial charge in [-0.3, -0.25) is 20.4 Å². The first-order valence-corrected chi connectivity index (χ1v) is 10.9. The number of amides is 2. The quantitative estimate of drug-likeness (QED) is 0.669. The van der Waals surface area contributed by atoms with Crippen molar-refractivity contribution in [2.75, 3.05) is 26.3 Å². The topological polar surface area (TPSA) is 114 Å². The predicted octanol–water partition coefficient (Wildman–Crippen LogP) is 1.56. The van der Waals surface area contributed by atoms with Crippen LogP contribution in [0.4, 0.5) is 0 Å². The predicted molar refractivity (Wildman–Crippen MR) is 109 cm³/mol. The Bertz CT molecular complexity index is 1030. The number of rotatable bonds is 6. The van der Waals surface area contributed by atoms with Crippen LogP contribution in [0.3, 0.4) is 0 Å². The lowest BCUT2D eigenvalue weighted by Gasteiger charge is -2.19. The molecule has 1 aliphatic heterocycles. The molecule has 0 aromatic heterocycles. The normalized spacial score (nSPS) is 13.0. The molecule has 2 aromatic carbocycles. The summed E-state index contributed by atoms with van der Waals surface area (Å²) in [6.45, 7) is 5.07. The van der Waals surface area contributed by atoms with E-state index < -0.39 is 21.8 Å². The molecular formula is C20H23N3O6S.